The highest BCUT2D eigenvalue weighted by molar-refractivity contribution is 6.31. The van der Waals surface area contributed by atoms with Crippen LogP contribution >= 0.6 is 11.6 Å². The highest BCUT2D eigenvalue weighted by atomic mass is 35.5. The number of rotatable bonds is 3. The summed E-state index contributed by atoms with van der Waals surface area (Å²) in [7, 11) is 1.98. The van der Waals surface area contributed by atoms with E-state index in [9.17, 15) is 0 Å². The fourth-order valence-corrected chi connectivity index (χ4v) is 4.49. The Morgan fingerprint density at radius 2 is 1.95 bits per heavy atom. The summed E-state index contributed by atoms with van der Waals surface area (Å²) in [6.45, 7) is 3.34. The molecule has 1 heterocycles. The second kappa shape index (κ2) is 6.58. The van der Waals surface area contributed by atoms with Crippen molar-refractivity contribution in [2.75, 3.05) is 18.5 Å². The van der Waals surface area contributed by atoms with Crippen LogP contribution in [-0.4, -0.2) is 19.6 Å². The van der Waals surface area contributed by atoms with E-state index in [-0.39, 0.29) is 0 Å². The number of hydrogen-bond acceptors (Lipinski definition) is 2. The maximum absolute atomic E-state index is 6.53. The molecule has 3 unspecified atom stereocenters. The largest absolute Gasteiger partial charge is 0.368 e. The Kier molecular flexibility index (Phi) is 4.75. The van der Waals surface area contributed by atoms with Gasteiger partial charge in [-0.15, -0.1) is 0 Å². The molecule has 0 spiro atoms. The van der Waals surface area contributed by atoms with Gasteiger partial charge >= 0.3 is 0 Å². The molecule has 116 valence electrons. The zero-order valence-corrected chi connectivity index (χ0v) is 14.0. The van der Waals surface area contributed by atoms with E-state index in [1.165, 1.54) is 56.3 Å². The van der Waals surface area contributed by atoms with Gasteiger partial charge in [-0.05, 0) is 63.3 Å². The van der Waals surface area contributed by atoms with Crippen molar-refractivity contribution in [2.45, 2.75) is 57.5 Å². The van der Waals surface area contributed by atoms with Gasteiger partial charge in [-0.3, -0.25) is 0 Å². The SMILES string of the molecule is CNC(C)c1ccc(N2CCCC3CCCCC32)cc1Cl. The van der Waals surface area contributed by atoms with Crippen molar-refractivity contribution < 1.29 is 0 Å². The molecule has 1 aliphatic heterocycles. The number of anilines is 1. The van der Waals surface area contributed by atoms with Crippen molar-refractivity contribution in [3.05, 3.63) is 28.8 Å². The van der Waals surface area contributed by atoms with Crippen LogP contribution in [0.1, 0.15) is 57.1 Å². The minimum absolute atomic E-state index is 0.301. The van der Waals surface area contributed by atoms with Gasteiger partial charge in [-0.1, -0.05) is 30.5 Å². The number of hydrogen-bond donors (Lipinski definition) is 1. The van der Waals surface area contributed by atoms with Gasteiger partial charge in [0.05, 0.1) is 0 Å². The van der Waals surface area contributed by atoms with Gasteiger partial charge in [0.1, 0.15) is 0 Å². The van der Waals surface area contributed by atoms with Crippen molar-refractivity contribution >= 4 is 17.3 Å². The molecule has 0 aromatic heterocycles. The van der Waals surface area contributed by atoms with E-state index in [0.29, 0.717) is 6.04 Å². The number of nitrogens with zero attached hydrogens (tertiary/aromatic N) is 1. The highest BCUT2D eigenvalue weighted by Gasteiger charge is 2.33. The van der Waals surface area contributed by atoms with Crippen molar-refractivity contribution in [1.29, 1.82) is 0 Å². The minimum Gasteiger partial charge on any atom is -0.368 e. The van der Waals surface area contributed by atoms with E-state index >= 15 is 0 Å². The molecule has 1 aromatic rings. The van der Waals surface area contributed by atoms with Gasteiger partial charge in [0.15, 0.2) is 0 Å². The summed E-state index contributed by atoms with van der Waals surface area (Å²) < 4.78 is 0. The molecule has 1 N–H and O–H groups in total. The molecule has 1 aliphatic carbocycles. The third-order valence-electron chi connectivity index (χ3n) is 5.46. The topological polar surface area (TPSA) is 15.3 Å². The lowest BCUT2D eigenvalue weighted by Gasteiger charge is -2.45. The zero-order valence-electron chi connectivity index (χ0n) is 13.2. The summed E-state index contributed by atoms with van der Waals surface area (Å²) in [5.74, 6) is 0.905. The van der Waals surface area contributed by atoms with Crippen LogP contribution in [0.3, 0.4) is 0 Å². The summed E-state index contributed by atoms with van der Waals surface area (Å²) in [6.07, 6.45) is 8.34. The number of fused-ring (bicyclic) bond motifs is 1. The number of piperidine rings is 1. The molecule has 3 atom stereocenters. The van der Waals surface area contributed by atoms with Crippen LogP contribution in [0.5, 0.6) is 0 Å². The van der Waals surface area contributed by atoms with Gasteiger partial charge in [0.25, 0.3) is 0 Å². The van der Waals surface area contributed by atoms with E-state index in [0.717, 1.165) is 17.0 Å². The Balaban J connectivity index is 1.84. The van der Waals surface area contributed by atoms with Crippen molar-refractivity contribution in [2.24, 2.45) is 5.92 Å². The predicted molar refractivity (Wildman–Crippen MR) is 91.3 cm³/mol. The van der Waals surface area contributed by atoms with Crippen LogP contribution < -0.4 is 10.2 Å². The van der Waals surface area contributed by atoms with Crippen LogP contribution in [0.15, 0.2) is 18.2 Å². The smallest absolute Gasteiger partial charge is 0.0474 e. The molecule has 0 radical (unpaired) electrons. The third kappa shape index (κ3) is 3.07. The number of benzene rings is 1. The molecule has 2 nitrogen and oxygen atoms in total. The molecule has 0 amide bonds. The molecular formula is C18H27ClN2. The van der Waals surface area contributed by atoms with Crippen LogP contribution in [0.25, 0.3) is 0 Å². The summed E-state index contributed by atoms with van der Waals surface area (Å²) in [5, 5.41) is 4.16. The molecule has 1 aromatic carbocycles. The fourth-order valence-electron chi connectivity index (χ4n) is 4.15. The van der Waals surface area contributed by atoms with Gasteiger partial charge < -0.3 is 10.2 Å². The summed E-state index contributed by atoms with van der Waals surface area (Å²) in [5.41, 5.74) is 2.52. The molecule has 2 fully saturated rings. The van der Waals surface area contributed by atoms with E-state index in [4.69, 9.17) is 11.6 Å². The van der Waals surface area contributed by atoms with Gasteiger partial charge in [-0.2, -0.15) is 0 Å². The lowest BCUT2D eigenvalue weighted by molar-refractivity contribution is 0.244. The molecule has 0 bridgehead atoms. The average Bonchev–Trinajstić information content (AvgIpc) is 2.53. The van der Waals surface area contributed by atoms with Crippen LogP contribution in [0.2, 0.25) is 5.02 Å². The lowest BCUT2D eigenvalue weighted by Crippen LogP contribution is -2.46. The van der Waals surface area contributed by atoms with Gasteiger partial charge in [0.2, 0.25) is 0 Å². The highest BCUT2D eigenvalue weighted by Crippen LogP contribution is 2.39. The lowest BCUT2D eigenvalue weighted by atomic mass is 9.78. The second-order valence-corrected chi connectivity index (χ2v) is 7.07. The van der Waals surface area contributed by atoms with E-state index < -0.39 is 0 Å². The summed E-state index contributed by atoms with van der Waals surface area (Å²) in [4.78, 5) is 2.63. The fraction of sp³-hybridized carbons (Fsp3) is 0.667. The molecule has 21 heavy (non-hydrogen) atoms. The monoisotopic (exact) mass is 306 g/mol. The molecule has 1 saturated carbocycles. The Morgan fingerprint density at radius 3 is 2.71 bits per heavy atom. The molecule has 2 aliphatic rings. The van der Waals surface area contributed by atoms with Gasteiger partial charge in [-0.25, -0.2) is 0 Å². The first-order chi connectivity index (χ1) is 10.2. The zero-order chi connectivity index (χ0) is 14.8. The first kappa shape index (κ1) is 15.2. The van der Waals surface area contributed by atoms with Crippen LogP contribution in [0, 0.1) is 5.92 Å². The Bertz CT molecular complexity index is 486. The maximum atomic E-state index is 6.53. The molecule has 1 saturated heterocycles. The molecule has 3 heteroatoms. The summed E-state index contributed by atoms with van der Waals surface area (Å²) in [6, 6.07) is 7.70. The quantitative estimate of drug-likeness (QED) is 0.864. The number of halogens is 1. The van der Waals surface area contributed by atoms with Crippen molar-refractivity contribution in [3.8, 4) is 0 Å². The average molecular weight is 307 g/mol. The van der Waals surface area contributed by atoms with Crippen LogP contribution in [0.4, 0.5) is 5.69 Å². The first-order valence-corrected chi connectivity index (χ1v) is 8.82. The molecule has 3 rings (SSSR count). The normalized spacial score (nSPS) is 27.3. The van der Waals surface area contributed by atoms with E-state index in [1.54, 1.807) is 0 Å². The summed E-state index contributed by atoms with van der Waals surface area (Å²) >= 11 is 6.53. The Hall–Kier alpha value is -0.730. The van der Waals surface area contributed by atoms with Crippen molar-refractivity contribution in [1.82, 2.24) is 5.32 Å². The Morgan fingerprint density at radius 1 is 1.19 bits per heavy atom. The second-order valence-electron chi connectivity index (χ2n) is 6.66. The maximum Gasteiger partial charge on any atom is 0.0474 e. The standard InChI is InChI=1S/C18H27ClN2/c1-13(20-2)16-10-9-15(12-17(16)19)21-11-5-7-14-6-3-4-8-18(14)21/h9-10,12-14,18,20H,3-8,11H2,1-2H3. The number of nitrogens with one attached hydrogen (secondary N) is 1. The minimum atomic E-state index is 0.301. The van der Waals surface area contributed by atoms with Crippen molar-refractivity contribution in [3.63, 3.8) is 0 Å². The third-order valence-corrected chi connectivity index (χ3v) is 5.79. The Labute approximate surface area is 133 Å². The van der Waals surface area contributed by atoms with Gasteiger partial charge in [0, 0.05) is 29.3 Å². The predicted octanol–water partition coefficient (Wildman–Crippen LogP) is 4.78. The van der Waals surface area contributed by atoms with Crippen LogP contribution in [-0.2, 0) is 0 Å². The van der Waals surface area contributed by atoms with E-state index in [1.807, 2.05) is 7.05 Å². The first-order valence-electron chi connectivity index (χ1n) is 8.44. The van der Waals surface area contributed by atoms with E-state index in [2.05, 4.69) is 35.3 Å². The molecular weight excluding hydrogens is 280 g/mol.